The molecule has 1 heterocycles. The summed E-state index contributed by atoms with van der Waals surface area (Å²) < 4.78 is 28.4. The van der Waals surface area contributed by atoms with Gasteiger partial charge in [-0.2, -0.15) is 0 Å². The van der Waals surface area contributed by atoms with Gasteiger partial charge in [0.05, 0.1) is 6.26 Å². The van der Waals surface area contributed by atoms with Crippen molar-refractivity contribution in [2.45, 2.75) is 57.0 Å². The quantitative estimate of drug-likeness (QED) is 0.587. The Morgan fingerprint density at radius 3 is 2.76 bits per heavy atom. The smallest absolute Gasteiger partial charge is 0.332 e. The molecule has 2 aliphatic rings. The van der Waals surface area contributed by atoms with Crippen molar-refractivity contribution in [1.82, 2.24) is 4.72 Å². The molecule has 1 fully saturated rings. The van der Waals surface area contributed by atoms with Gasteiger partial charge in [-0.25, -0.2) is 18.5 Å². The number of urea groups is 1. The average molecular weight is 414 g/mol. The number of amides is 2. The van der Waals surface area contributed by atoms with Gasteiger partial charge >= 0.3 is 6.03 Å². The van der Waals surface area contributed by atoms with Crippen LogP contribution < -0.4 is 10.0 Å². The van der Waals surface area contributed by atoms with E-state index in [1.54, 1.807) is 6.92 Å². The van der Waals surface area contributed by atoms with E-state index in [-0.39, 0.29) is 5.09 Å². The molecular formula is C22H27N3O3S. The third kappa shape index (κ3) is 3.96. The Bertz CT molecular complexity index is 1080. The first-order valence-corrected chi connectivity index (χ1v) is 11.6. The highest BCUT2D eigenvalue weighted by molar-refractivity contribution is 7.91. The summed E-state index contributed by atoms with van der Waals surface area (Å²) in [5, 5.41) is 2.83. The van der Waals surface area contributed by atoms with Gasteiger partial charge in [-0.15, -0.1) is 0 Å². The molecular weight excluding hydrogens is 386 g/mol. The van der Waals surface area contributed by atoms with Gasteiger partial charge in [0, 0.05) is 17.3 Å². The lowest BCUT2D eigenvalue weighted by atomic mass is 9.91. The van der Waals surface area contributed by atoms with Crippen molar-refractivity contribution in [2.24, 2.45) is 5.92 Å². The normalized spacial score (nSPS) is 18.6. The molecule has 1 aromatic heterocycles. The number of carbonyl (C=O) groups excluding carboxylic acids is 1. The summed E-state index contributed by atoms with van der Waals surface area (Å²) in [5.41, 5.74) is 5.78. The van der Waals surface area contributed by atoms with E-state index < -0.39 is 15.9 Å². The van der Waals surface area contributed by atoms with Gasteiger partial charge in [-0.3, -0.25) is 0 Å². The van der Waals surface area contributed by atoms with Crippen molar-refractivity contribution in [2.75, 3.05) is 5.32 Å². The van der Waals surface area contributed by atoms with Crippen molar-refractivity contribution in [1.29, 1.82) is 4.78 Å². The zero-order valence-electron chi connectivity index (χ0n) is 16.8. The number of allylic oxidation sites excluding steroid dienone is 1. The van der Waals surface area contributed by atoms with E-state index in [1.165, 1.54) is 36.3 Å². The van der Waals surface area contributed by atoms with Gasteiger partial charge in [0.25, 0.3) is 0 Å². The molecule has 0 saturated heterocycles. The topological polar surface area (TPSA) is 95.2 Å². The van der Waals surface area contributed by atoms with Crippen LogP contribution in [0.4, 0.5) is 10.5 Å². The van der Waals surface area contributed by atoms with Crippen LogP contribution in [0, 0.1) is 10.7 Å². The molecule has 0 spiro atoms. The van der Waals surface area contributed by atoms with Crippen LogP contribution in [0.2, 0.25) is 0 Å². The Morgan fingerprint density at radius 1 is 1.34 bits per heavy atom. The molecule has 2 unspecified atom stereocenters. The number of aryl methyl sites for hydroxylation is 1. The minimum absolute atomic E-state index is 0.0875. The fraction of sp³-hybridized carbons (Fsp3) is 0.409. The molecule has 0 bridgehead atoms. The van der Waals surface area contributed by atoms with Crippen molar-refractivity contribution in [3.8, 4) is 0 Å². The minimum atomic E-state index is -3.61. The molecule has 1 aromatic carbocycles. The maximum atomic E-state index is 12.8. The number of anilines is 1. The van der Waals surface area contributed by atoms with Crippen LogP contribution >= 0.6 is 0 Å². The summed E-state index contributed by atoms with van der Waals surface area (Å²) >= 11 is 0. The molecule has 0 radical (unpaired) electrons. The fourth-order valence-electron chi connectivity index (χ4n) is 4.07. The molecule has 154 valence electrons. The standard InChI is InChI=1S/C22H27N3O3S/c1-13(2)17-11-20(28-12-17)29(23,27)25-22(26)24-21-18(14(3)15-7-8-15)10-9-16-5-4-6-19(16)21/h9-12,14-15H,1,4-8H2,2-3H3,(H3,23,24,25,26,27). The van der Waals surface area contributed by atoms with E-state index in [2.05, 4.69) is 35.7 Å². The monoisotopic (exact) mass is 413 g/mol. The molecule has 2 aliphatic carbocycles. The predicted molar refractivity (Wildman–Crippen MR) is 114 cm³/mol. The number of carbonyl (C=O) groups is 1. The van der Waals surface area contributed by atoms with Crippen molar-refractivity contribution in [3.63, 3.8) is 0 Å². The van der Waals surface area contributed by atoms with E-state index in [9.17, 15) is 9.00 Å². The molecule has 6 nitrogen and oxygen atoms in total. The summed E-state index contributed by atoms with van der Waals surface area (Å²) in [6.07, 6.45) is 6.83. The summed E-state index contributed by atoms with van der Waals surface area (Å²) in [5.74, 6) is 1.02. The first kappa shape index (κ1) is 19.8. The van der Waals surface area contributed by atoms with E-state index in [1.807, 2.05) is 0 Å². The summed E-state index contributed by atoms with van der Waals surface area (Å²) in [4.78, 5) is 12.7. The molecule has 1 saturated carbocycles. The third-order valence-electron chi connectivity index (χ3n) is 5.96. The second-order valence-electron chi connectivity index (χ2n) is 8.19. The number of rotatable bonds is 6. The lowest BCUT2D eigenvalue weighted by Crippen LogP contribution is -2.34. The lowest BCUT2D eigenvalue weighted by molar-refractivity contribution is 0.256. The van der Waals surface area contributed by atoms with E-state index in [0.29, 0.717) is 17.4 Å². The highest BCUT2D eigenvalue weighted by Gasteiger charge is 2.32. The lowest BCUT2D eigenvalue weighted by Gasteiger charge is -2.20. The number of fused-ring (bicyclic) bond motifs is 1. The van der Waals surface area contributed by atoms with Gasteiger partial charge in [-0.1, -0.05) is 25.6 Å². The highest BCUT2D eigenvalue weighted by Crippen LogP contribution is 2.46. The zero-order chi connectivity index (χ0) is 20.8. The van der Waals surface area contributed by atoms with Crippen LogP contribution in [-0.2, 0) is 22.8 Å². The number of benzene rings is 1. The number of nitrogens with one attached hydrogen (secondary N) is 3. The van der Waals surface area contributed by atoms with E-state index in [0.717, 1.165) is 36.1 Å². The summed E-state index contributed by atoms with van der Waals surface area (Å²) in [6.45, 7) is 7.79. The van der Waals surface area contributed by atoms with Crippen LogP contribution in [0.15, 0.2) is 40.6 Å². The number of furan rings is 1. The Balaban J connectivity index is 1.58. The van der Waals surface area contributed by atoms with Crippen molar-refractivity contribution in [3.05, 3.63) is 53.3 Å². The van der Waals surface area contributed by atoms with E-state index in [4.69, 9.17) is 9.20 Å². The predicted octanol–water partition coefficient (Wildman–Crippen LogP) is 5.46. The maximum Gasteiger partial charge on any atom is 0.332 e. The van der Waals surface area contributed by atoms with Gasteiger partial charge in [0.1, 0.15) is 0 Å². The Kier molecular flexibility index (Phi) is 5.02. The van der Waals surface area contributed by atoms with Crippen LogP contribution in [0.5, 0.6) is 0 Å². The van der Waals surface area contributed by atoms with Crippen LogP contribution in [0.25, 0.3) is 5.57 Å². The largest absolute Gasteiger partial charge is 0.452 e. The fourth-order valence-corrected chi connectivity index (χ4v) is 4.96. The molecule has 2 atom stereocenters. The highest BCUT2D eigenvalue weighted by atomic mass is 32.2. The summed E-state index contributed by atoms with van der Waals surface area (Å²) in [7, 11) is -3.61. The molecule has 3 N–H and O–H groups in total. The molecule has 2 aromatic rings. The molecule has 7 heteroatoms. The average Bonchev–Trinajstić information content (AvgIpc) is 3.17. The third-order valence-corrected chi connectivity index (χ3v) is 7.21. The second-order valence-corrected chi connectivity index (χ2v) is 9.91. The Labute approximate surface area is 171 Å². The van der Waals surface area contributed by atoms with Crippen molar-refractivity contribution < 1.29 is 13.4 Å². The Hall–Kier alpha value is -2.54. The maximum absolute atomic E-state index is 12.8. The minimum Gasteiger partial charge on any atom is -0.452 e. The molecule has 2 amide bonds. The van der Waals surface area contributed by atoms with Gasteiger partial charge < -0.3 is 9.73 Å². The molecule has 4 rings (SSSR count). The van der Waals surface area contributed by atoms with Gasteiger partial charge in [-0.05, 0) is 73.1 Å². The summed E-state index contributed by atoms with van der Waals surface area (Å²) in [6, 6.07) is 5.13. The molecule has 29 heavy (non-hydrogen) atoms. The van der Waals surface area contributed by atoms with E-state index >= 15 is 0 Å². The van der Waals surface area contributed by atoms with Crippen molar-refractivity contribution >= 4 is 27.2 Å². The molecule has 0 aliphatic heterocycles. The second kappa shape index (κ2) is 7.37. The van der Waals surface area contributed by atoms with Gasteiger partial charge in [0.2, 0.25) is 5.09 Å². The van der Waals surface area contributed by atoms with Gasteiger partial charge in [0.15, 0.2) is 9.92 Å². The zero-order valence-corrected chi connectivity index (χ0v) is 17.7. The Morgan fingerprint density at radius 2 is 2.10 bits per heavy atom. The first-order valence-electron chi connectivity index (χ1n) is 10.0. The first-order chi connectivity index (χ1) is 13.8. The SMILES string of the molecule is C=C(C)c1coc(S(=N)(=O)NC(=O)Nc2c(C(C)C3CC3)ccc3c2CCC3)c1. The van der Waals surface area contributed by atoms with Crippen LogP contribution in [0.3, 0.4) is 0 Å². The van der Waals surface area contributed by atoms with Crippen LogP contribution in [-0.4, -0.2) is 10.2 Å². The number of hydrogen-bond acceptors (Lipinski definition) is 4. The number of hydrogen-bond donors (Lipinski definition) is 3. The van der Waals surface area contributed by atoms with Crippen LogP contribution in [0.1, 0.15) is 61.3 Å².